The van der Waals surface area contributed by atoms with Gasteiger partial charge in [0, 0.05) is 12.6 Å². The summed E-state index contributed by atoms with van der Waals surface area (Å²) in [6.45, 7) is 9.95. The molecule has 0 radical (unpaired) electrons. The maximum atomic E-state index is 11.9. The Kier molecular flexibility index (Phi) is 8.39. The summed E-state index contributed by atoms with van der Waals surface area (Å²) in [7, 11) is 0. The molecule has 0 atom stereocenters. The molecule has 0 aliphatic rings. The Labute approximate surface area is 143 Å². The molecule has 136 valence electrons. The Morgan fingerprint density at radius 2 is 1.96 bits per heavy atom. The molecule has 1 rings (SSSR count). The minimum Gasteiger partial charge on any atom is -0.379 e. The van der Waals surface area contributed by atoms with Crippen LogP contribution in [0.2, 0.25) is 0 Å². The molecule has 0 aliphatic carbocycles. The van der Waals surface area contributed by atoms with E-state index < -0.39 is 16.5 Å². The van der Waals surface area contributed by atoms with E-state index in [0.717, 1.165) is 6.42 Å². The SMILES string of the molecule is C.CC(C)CCNc1ccc(C(=O)OOC(C)(C)C)cc1[N+](=O)[O-]. The Bertz CT molecular complexity index is 565. The van der Waals surface area contributed by atoms with Gasteiger partial charge in [0.2, 0.25) is 0 Å². The molecule has 24 heavy (non-hydrogen) atoms. The second-order valence-electron chi connectivity index (χ2n) is 6.66. The van der Waals surface area contributed by atoms with Crippen LogP contribution in [0.15, 0.2) is 18.2 Å². The lowest BCUT2D eigenvalue weighted by atomic mass is 10.1. The third-order valence-electron chi connectivity index (χ3n) is 2.83. The Hall–Kier alpha value is -2.15. The van der Waals surface area contributed by atoms with E-state index in [4.69, 9.17) is 9.78 Å². The number of rotatable bonds is 7. The normalized spacial score (nSPS) is 10.9. The Morgan fingerprint density at radius 1 is 1.33 bits per heavy atom. The van der Waals surface area contributed by atoms with Gasteiger partial charge in [-0.2, -0.15) is 4.89 Å². The van der Waals surface area contributed by atoms with E-state index >= 15 is 0 Å². The smallest absolute Gasteiger partial charge is 0.373 e. The van der Waals surface area contributed by atoms with E-state index in [1.54, 1.807) is 20.8 Å². The van der Waals surface area contributed by atoms with Crippen molar-refractivity contribution in [1.29, 1.82) is 0 Å². The lowest BCUT2D eigenvalue weighted by Crippen LogP contribution is -2.22. The summed E-state index contributed by atoms with van der Waals surface area (Å²) in [5, 5.41) is 14.2. The van der Waals surface area contributed by atoms with E-state index in [-0.39, 0.29) is 18.7 Å². The lowest BCUT2D eigenvalue weighted by Gasteiger charge is -2.16. The number of nitrogens with one attached hydrogen (secondary N) is 1. The first kappa shape index (κ1) is 21.9. The molecule has 0 spiro atoms. The van der Waals surface area contributed by atoms with Crippen LogP contribution < -0.4 is 5.32 Å². The predicted molar refractivity (Wildman–Crippen MR) is 94.0 cm³/mol. The van der Waals surface area contributed by atoms with Gasteiger partial charge in [-0.25, -0.2) is 4.79 Å². The van der Waals surface area contributed by atoms with Gasteiger partial charge in [-0.15, -0.1) is 0 Å². The number of anilines is 1. The quantitative estimate of drug-likeness (QED) is 0.444. The zero-order chi connectivity index (χ0) is 17.6. The minimum atomic E-state index is -0.767. The average molecular weight is 340 g/mol. The van der Waals surface area contributed by atoms with E-state index in [1.165, 1.54) is 18.2 Å². The molecule has 7 heteroatoms. The number of carbonyl (C=O) groups excluding carboxylic acids is 1. The summed E-state index contributed by atoms with van der Waals surface area (Å²) in [5.41, 5.74) is -0.377. The lowest BCUT2D eigenvalue weighted by molar-refractivity contribution is -0.384. The van der Waals surface area contributed by atoms with Crippen LogP contribution in [0, 0.1) is 16.0 Å². The molecule has 0 fully saturated rings. The first-order valence-electron chi connectivity index (χ1n) is 7.52. The molecule has 0 unspecified atom stereocenters. The van der Waals surface area contributed by atoms with E-state index in [0.29, 0.717) is 18.2 Å². The van der Waals surface area contributed by atoms with Gasteiger partial charge >= 0.3 is 5.97 Å². The number of carbonyl (C=O) groups is 1. The van der Waals surface area contributed by atoms with Crippen molar-refractivity contribution in [3.63, 3.8) is 0 Å². The summed E-state index contributed by atoms with van der Waals surface area (Å²) in [6.07, 6.45) is 0.889. The molecule has 1 N–H and O–H groups in total. The van der Waals surface area contributed by atoms with E-state index in [9.17, 15) is 14.9 Å². The molecule has 0 aromatic heterocycles. The van der Waals surface area contributed by atoms with Crippen molar-refractivity contribution in [3.05, 3.63) is 33.9 Å². The van der Waals surface area contributed by atoms with Gasteiger partial charge in [0.15, 0.2) is 0 Å². The predicted octanol–water partition coefficient (Wildman–Crippen LogP) is 4.58. The summed E-state index contributed by atoms with van der Waals surface area (Å²) in [6, 6.07) is 4.16. The molecule has 0 aliphatic heterocycles. The van der Waals surface area contributed by atoms with E-state index in [2.05, 4.69) is 19.2 Å². The second-order valence-corrected chi connectivity index (χ2v) is 6.66. The third kappa shape index (κ3) is 7.41. The monoisotopic (exact) mass is 340 g/mol. The highest BCUT2D eigenvalue weighted by Gasteiger charge is 2.21. The molecule has 0 saturated carbocycles. The highest BCUT2D eigenvalue weighted by Crippen LogP contribution is 2.26. The van der Waals surface area contributed by atoms with Gasteiger partial charge in [0.25, 0.3) is 5.69 Å². The summed E-state index contributed by atoms with van der Waals surface area (Å²) in [5.74, 6) is -0.276. The van der Waals surface area contributed by atoms with Crippen molar-refractivity contribution in [2.24, 2.45) is 5.92 Å². The van der Waals surface area contributed by atoms with Gasteiger partial charge in [0.05, 0.1) is 10.5 Å². The van der Waals surface area contributed by atoms with Gasteiger partial charge in [-0.3, -0.25) is 15.0 Å². The van der Waals surface area contributed by atoms with Crippen LogP contribution in [-0.4, -0.2) is 23.0 Å². The summed E-state index contributed by atoms with van der Waals surface area (Å²) >= 11 is 0. The number of nitro groups is 1. The van der Waals surface area contributed by atoms with Crippen molar-refractivity contribution in [2.45, 2.75) is 54.1 Å². The number of hydrogen-bond acceptors (Lipinski definition) is 6. The number of hydrogen-bond donors (Lipinski definition) is 1. The van der Waals surface area contributed by atoms with Crippen LogP contribution in [0.25, 0.3) is 0 Å². The number of nitrogens with zero attached hydrogens (tertiary/aromatic N) is 1. The van der Waals surface area contributed by atoms with Gasteiger partial charge in [-0.1, -0.05) is 21.3 Å². The highest BCUT2D eigenvalue weighted by atomic mass is 17.2. The van der Waals surface area contributed by atoms with E-state index in [1.807, 2.05) is 0 Å². The van der Waals surface area contributed by atoms with Crippen molar-refractivity contribution >= 4 is 17.3 Å². The average Bonchev–Trinajstić information content (AvgIpc) is 2.43. The van der Waals surface area contributed by atoms with Crippen LogP contribution in [0.3, 0.4) is 0 Å². The van der Waals surface area contributed by atoms with Crippen molar-refractivity contribution < 1.29 is 19.5 Å². The molecule has 0 saturated heterocycles. The summed E-state index contributed by atoms with van der Waals surface area (Å²) in [4.78, 5) is 32.2. The standard InChI is InChI=1S/C16H24N2O5.CH4/c1-11(2)8-9-17-13-7-6-12(10-14(13)18(20)21)15(19)22-23-16(3,4)5;/h6-7,10-11,17H,8-9H2,1-5H3;1H4. The minimum absolute atomic E-state index is 0. The fourth-order valence-electron chi connectivity index (χ4n) is 1.67. The summed E-state index contributed by atoms with van der Waals surface area (Å²) < 4.78 is 0. The molecular formula is C17H28N2O5. The Morgan fingerprint density at radius 3 is 2.46 bits per heavy atom. The van der Waals surface area contributed by atoms with Gasteiger partial charge in [0.1, 0.15) is 11.3 Å². The number of benzene rings is 1. The molecule has 0 heterocycles. The topological polar surface area (TPSA) is 90.7 Å². The largest absolute Gasteiger partial charge is 0.379 e. The van der Waals surface area contributed by atoms with Gasteiger partial charge in [-0.05, 0) is 45.2 Å². The van der Waals surface area contributed by atoms with Crippen LogP contribution in [0.5, 0.6) is 0 Å². The maximum Gasteiger partial charge on any atom is 0.373 e. The maximum absolute atomic E-state index is 11.9. The highest BCUT2D eigenvalue weighted by molar-refractivity contribution is 5.91. The molecule has 7 nitrogen and oxygen atoms in total. The van der Waals surface area contributed by atoms with Crippen molar-refractivity contribution in [2.75, 3.05) is 11.9 Å². The molecule has 0 bridgehead atoms. The fraction of sp³-hybridized carbons (Fsp3) is 0.588. The van der Waals surface area contributed by atoms with Crippen LogP contribution in [-0.2, 0) is 9.78 Å². The first-order valence-corrected chi connectivity index (χ1v) is 7.52. The molecular weight excluding hydrogens is 312 g/mol. The zero-order valence-corrected chi connectivity index (χ0v) is 14.2. The molecule has 1 aromatic carbocycles. The third-order valence-corrected chi connectivity index (χ3v) is 2.83. The molecule has 1 aromatic rings. The second kappa shape index (κ2) is 9.22. The Balaban J connectivity index is 0.00000529. The van der Waals surface area contributed by atoms with Crippen LogP contribution >= 0.6 is 0 Å². The zero-order valence-electron chi connectivity index (χ0n) is 14.2. The molecule has 0 amide bonds. The van der Waals surface area contributed by atoms with Crippen LogP contribution in [0.4, 0.5) is 11.4 Å². The first-order chi connectivity index (χ1) is 10.6. The van der Waals surface area contributed by atoms with Crippen molar-refractivity contribution in [1.82, 2.24) is 0 Å². The van der Waals surface area contributed by atoms with Gasteiger partial charge < -0.3 is 5.32 Å². The fourth-order valence-corrected chi connectivity index (χ4v) is 1.67. The van der Waals surface area contributed by atoms with Crippen LogP contribution in [0.1, 0.15) is 58.8 Å². The van der Waals surface area contributed by atoms with Crippen molar-refractivity contribution in [3.8, 4) is 0 Å². The number of nitro benzene ring substituents is 1.